The number of aliphatic hydroxyl groups excluding tert-OH is 1. The van der Waals surface area contributed by atoms with Gasteiger partial charge in [-0.1, -0.05) is 24.3 Å². The van der Waals surface area contributed by atoms with Gasteiger partial charge in [0.2, 0.25) is 0 Å². The maximum atomic E-state index is 9.31. The fraction of sp³-hybridized carbons (Fsp3) is 0.400. The topological polar surface area (TPSA) is 46.2 Å². The van der Waals surface area contributed by atoms with E-state index in [0.717, 1.165) is 0 Å². The Labute approximate surface area is 85.2 Å². The van der Waals surface area contributed by atoms with Crippen LogP contribution in [0.4, 0.5) is 0 Å². The second kappa shape index (κ2) is 5.97. The maximum Gasteiger partial charge on any atom is 0.0702 e. The van der Waals surface area contributed by atoms with Crippen molar-refractivity contribution in [2.24, 2.45) is 5.73 Å². The fourth-order valence-corrected chi connectivity index (χ4v) is 1.18. The first-order valence-corrected chi connectivity index (χ1v) is 4.16. The summed E-state index contributed by atoms with van der Waals surface area (Å²) >= 11 is 0. The van der Waals surface area contributed by atoms with E-state index < -0.39 is 6.10 Å². The van der Waals surface area contributed by atoms with Crippen LogP contribution in [0.25, 0.3) is 0 Å². The SMILES string of the molecule is Cc1ccccc1CC(O)CN.Cl. The van der Waals surface area contributed by atoms with Crippen LogP contribution in [0, 0.1) is 6.92 Å². The standard InChI is InChI=1S/C10H15NO.ClH/c1-8-4-2-3-5-9(8)6-10(12)7-11;/h2-5,10,12H,6-7,11H2,1H3;1H. The van der Waals surface area contributed by atoms with E-state index in [2.05, 4.69) is 0 Å². The van der Waals surface area contributed by atoms with Gasteiger partial charge in [-0.15, -0.1) is 12.4 Å². The minimum atomic E-state index is -0.411. The molecule has 3 heteroatoms. The minimum absolute atomic E-state index is 0. The maximum absolute atomic E-state index is 9.31. The second-order valence-electron chi connectivity index (χ2n) is 3.02. The first-order valence-electron chi connectivity index (χ1n) is 4.16. The number of benzene rings is 1. The Balaban J connectivity index is 0.00000144. The molecule has 74 valence electrons. The highest BCUT2D eigenvalue weighted by atomic mass is 35.5. The van der Waals surface area contributed by atoms with Crippen LogP contribution in [-0.4, -0.2) is 17.8 Å². The van der Waals surface area contributed by atoms with Gasteiger partial charge in [0.1, 0.15) is 0 Å². The molecule has 0 heterocycles. The Kier molecular flexibility index (Phi) is 5.71. The summed E-state index contributed by atoms with van der Waals surface area (Å²) in [4.78, 5) is 0. The lowest BCUT2D eigenvalue weighted by molar-refractivity contribution is 0.183. The number of rotatable bonds is 3. The molecule has 13 heavy (non-hydrogen) atoms. The van der Waals surface area contributed by atoms with E-state index in [9.17, 15) is 5.11 Å². The molecule has 1 aromatic carbocycles. The van der Waals surface area contributed by atoms with Crippen LogP contribution in [0.15, 0.2) is 24.3 Å². The summed E-state index contributed by atoms with van der Waals surface area (Å²) in [7, 11) is 0. The molecule has 1 rings (SSSR count). The third kappa shape index (κ3) is 3.77. The second-order valence-corrected chi connectivity index (χ2v) is 3.02. The van der Waals surface area contributed by atoms with Gasteiger partial charge in [0.25, 0.3) is 0 Å². The van der Waals surface area contributed by atoms with E-state index in [4.69, 9.17) is 5.73 Å². The van der Waals surface area contributed by atoms with Crippen molar-refractivity contribution in [1.82, 2.24) is 0 Å². The Morgan fingerprint density at radius 2 is 2.00 bits per heavy atom. The Hall–Kier alpha value is -0.570. The summed E-state index contributed by atoms with van der Waals surface area (Å²) < 4.78 is 0. The molecule has 0 bridgehead atoms. The zero-order chi connectivity index (χ0) is 8.97. The predicted octanol–water partition coefficient (Wildman–Crippen LogP) is 1.28. The molecule has 1 unspecified atom stereocenters. The first-order chi connectivity index (χ1) is 5.74. The highest BCUT2D eigenvalue weighted by molar-refractivity contribution is 5.85. The summed E-state index contributed by atoms with van der Waals surface area (Å²) in [5.41, 5.74) is 7.71. The van der Waals surface area contributed by atoms with Gasteiger partial charge in [0.05, 0.1) is 6.10 Å². The third-order valence-corrected chi connectivity index (χ3v) is 1.99. The zero-order valence-corrected chi connectivity index (χ0v) is 8.55. The van der Waals surface area contributed by atoms with Crippen LogP contribution in [0.3, 0.4) is 0 Å². The van der Waals surface area contributed by atoms with Gasteiger partial charge >= 0.3 is 0 Å². The molecule has 0 aliphatic heterocycles. The smallest absolute Gasteiger partial charge is 0.0702 e. The minimum Gasteiger partial charge on any atom is -0.391 e. The molecule has 0 aliphatic rings. The van der Waals surface area contributed by atoms with Crippen molar-refractivity contribution in [3.8, 4) is 0 Å². The highest BCUT2D eigenvalue weighted by Crippen LogP contribution is 2.08. The van der Waals surface area contributed by atoms with Crippen LogP contribution in [-0.2, 0) is 6.42 Å². The lowest BCUT2D eigenvalue weighted by atomic mass is 10.0. The lowest BCUT2D eigenvalue weighted by Gasteiger charge is -2.09. The van der Waals surface area contributed by atoms with Crippen molar-refractivity contribution in [3.63, 3.8) is 0 Å². The average Bonchev–Trinajstić information content (AvgIpc) is 2.09. The largest absolute Gasteiger partial charge is 0.391 e. The summed E-state index contributed by atoms with van der Waals surface area (Å²) in [6.07, 6.45) is 0.245. The van der Waals surface area contributed by atoms with E-state index >= 15 is 0 Å². The summed E-state index contributed by atoms with van der Waals surface area (Å²) in [5.74, 6) is 0. The molecule has 0 saturated carbocycles. The predicted molar refractivity (Wildman–Crippen MR) is 57.2 cm³/mol. The molecule has 2 nitrogen and oxygen atoms in total. The first kappa shape index (κ1) is 12.4. The number of aliphatic hydroxyl groups is 1. The number of nitrogens with two attached hydrogens (primary N) is 1. The molecule has 0 saturated heterocycles. The van der Waals surface area contributed by atoms with Crippen molar-refractivity contribution in [1.29, 1.82) is 0 Å². The Morgan fingerprint density at radius 1 is 1.38 bits per heavy atom. The molecular weight excluding hydrogens is 186 g/mol. The molecule has 0 aromatic heterocycles. The molecule has 0 radical (unpaired) electrons. The van der Waals surface area contributed by atoms with Crippen LogP contribution in [0.2, 0.25) is 0 Å². The Morgan fingerprint density at radius 3 is 2.54 bits per heavy atom. The number of aryl methyl sites for hydroxylation is 1. The number of hydrogen-bond donors (Lipinski definition) is 2. The van der Waals surface area contributed by atoms with E-state index in [1.54, 1.807) is 0 Å². The lowest BCUT2D eigenvalue weighted by Crippen LogP contribution is -2.22. The normalized spacial score (nSPS) is 11.9. The van der Waals surface area contributed by atoms with Crippen LogP contribution >= 0.6 is 12.4 Å². The molecule has 0 aliphatic carbocycles. The van der Waals surface area contributed by atoms with Crippen LogP contribution in [0.1, 0.15) is 11.1 Å². The number of hydrogen-bond acceptors (Lipinski definition) is 2. The zero-order valence-electron chi connectivity index (χ0n) is 7.73. The third-order valence-electron chi connectivity index (χ3n) is 1.99. The van der Waals surface area contributed by atoms with Crippen molar-refractivity contribution >= 4 is 12.4 Å². The van der Waals surface area contributed by atoms with E-state index in [1.807, 2.05) is 31.2 Å². The van der Waals surface area contributed by atoms with Gasteiger partial charge in [0, 0.05) is 6.54 Å². The average molecular weight is 202 g/mol. The van der Waals surface area contributed by atoms with Gasteiger partial charge < -0.3 is 10.8 Å². The van der Waals surface area contributed by atoms with Crippen molar-refractivity contribution in [3.05, 3.63) is 35.4 Å². The van der Waals surface area contributed by atoms with Crippen LogP contribution < -0.4 is 5.73 Å². The van der Waals surface area contributed by atoms with E-state index in [0.29, 0.717) is 13.0 Å². The van der Waals surface area contributed by atoms with Gasteiger partial charge in [-0.2, -0.15) is 0 Å². The molecule has 1 atom stereocenters. The van der Waals surface area contributed by atoms with Gasteiger partial charge in [-0.05, 0) is 24.5 Å². The van der Waals surface area contributed by atoms with Crippen molar-refractivity contribution in [2.75, 3.05) is 6.54 Å². The molecule has 3 N–H and O–H groups in total. The van der Waals surface area contributed by atoms with Gasteiger partial charge in [-0.25, -0.2) is 0 Å². The van der Waals surface area contributed by atoms with Crippen molar-refractivity contribution in [2.45, 2.75) is 19.4 Å². The quantitative estimate of drug-likeness (QED) is 0.774. The molecule has 0 fully saturated rings. The fourth-order valence-electron chi connectivity index (χ4n) is 1.18. The van der Waals surface area contributed by atoms with Gasteiger partial charge in [-0.3, -0.25) is 0 Å². The van der Waals surface area contributed by atoms with Gasteiger partial charge in [0.15, 0.2) is 0 Å². The van der Waals surface area contributed by atoms with E-state index in [-0.39, 0.29) is 12.4 Å². The van der Waals surface area contributed by atoms with E-state index in [1.165, 1.54) is 11.1 Å². The monoisotopic (exact) mass is 201 g/mol. The molecule has 0 amide bonds. The highest BCUT2D eigenvalue weighted by Gasteiger charge is 2.03. The molecular formula is C10H16ClNO. The summed E-state index contributed by atoms with van der Waals surface area (Å²) in [6.45, 7) is 2.37. The summed E-state index contributed by atoms with van der Waals surface area (Å²) in [6, 6.07) is 8.03. The molecule has 0 spiro atoms. The molecule has 1 aromatic rings. The summed E-state index contributed by atoms with van der Waals surface area (Å²) in [5, 5.41) is 9.31. The van der Waals surface area contributed by atoms with Crippen molar-refractivity contribution < 1.29 is 5.11 Å². The number of halogens is 1. The van der Waals surface area contributed by atoms with Crippen LogP contribution in [0.5, 0.6) is 0 Å². The Bertz CT molecular complexity index is 252.